The molecule has 1 N–H and O–H groups in total. The van der Waals surface area contributed by atoms with E-state index >= 15 is 0 Å². The smallest absolute Gasteiger partial charge is 0.256 e. The molecule has 4 rings (SSSR count). The molecular weight excluding hydrogens is 336 g/mol. The van der Waals surface area contributed by atoms with E-state index in [0.717, 1.165) is 24.5 Å². The molecule has 0 unspecified atom stereocenters. The number of para-hydroxylation sites is 1. The van der Waals surface area contributed by atoms with E-state index in [0.29, 0.717) is 16.4 Å². The van der Waals surface area contributed by atoms with E-state index < -0.39 is 0 Å². The maximum Gasteiger partial charge on any atom is 0.256 e. The highest BCUT2D eigenvalue weighted by molar-refractivity contribution is 6.31. The molecule has 25 heavy (non-hydrogen) atoms. The van der Waals surface area contributed by atoms with Gasteiger partial charge >= 0.3 is 0 Å². The second-order valence-corrected chi connectivity index (χ2v) is 6.21. The zero-order valence-electron chi connectivity index (χ0n) is 13.3. The van der Waals surface area contributed by atoms with Gasteiger partial charge in [0.2, 0.25) is 0 Å². The Morgan fingerprint density at radius 2 is 1.92 bits per heavy atom. The minimum Gasteiger partial charge on any atom is -0.324 e. The summed E-state index contributed by atoms with van der Waals surface area (Å²) in [7, 11) is 0. The van der Waals surface area contributed by atoms with E-state index in [1.165, 1.54) is 5.56 Å². The van der Waals surface area contributed by atoms with Gasteiger partial charge in [0.25, 0.3) is 5.91 Å². The molecular formula is C19H15ClN4O. The van der Waals surface area contributed by atoms with Crippen molar-refractivity contribution < 1.29 is 4.79 Å². The Morgan fingerprint density at radius 1 is 1.04 bits per heavy atom. The summed E-state index contributed by atoms with van der Waals surface area (Å²) in [5, 5.41) is 11.6. The summed E-state index contributed by atoms with van der Waals surface area (Å²) >= 11 is 5.91. The van der Waals surface area contributed by atoms with Gasteiger partial charge in [-0.2, -0.15) is 0 Å². The molecule has 1 aliphatic heterocycles. The highest BCUT2D eigenvalue weighted by Gasteiger charge is 2.21. The first-order valence-corrected chi connectivity index (χ1v) is 8.34. The van der Waals surface area contributed by atoms with Crippen LogP contribution in [0.4, 0.5) is 17.3 Å². The third-order valence-corrected chi connectivity index (χ3v) is 4.38. The summed E-state index contributed by atoms with van der Waals surface area (Å²) in [6, 6.07) is 18.7. The summed E-state index contributed by atoms with van der Waals surface area (Å²) in [4.78, 5) is 14.4. The fourth-order valence-corrected chi connectivity index (χ4v) is 3.12. The largest absolute Gasteiger partial charge is 0.324 e. The van der Waals surface area contributed by atoms with Crippen molar-refractivity contribution in [3.05, 3.63) is 76.8 Å². The van der Waals surface area contributed by atoms with Crippen LogP contribution in [0.25, 0.3) is 0 Å². The van der Waals surface area contributed by atoms with E-state index in [2.05, 4.69) is 32.5 Å². The normalized spacial score (nSPS) is 12.8. The highest BCUT2D eigenvalue weighted by Crippen LogP contribution is 2.32. The Kier molecular flexibility index (Phi) is 4.07. The standard InChI is InChI=1S/C19H15ClN4O/c20-15-6-3-5-14(12-15)19(25)21-17-8-9-18(23-22-17)24-11-10-13-4-1-2-7-16(13)24/h1-9,12H,10-11H2,(H,21,22,25). The number of hydrogen-bond acceptors (Lipinski definition) is 4. The molecule has 6 heteroatoms. The molecule has 124 valence electrons. The van der Waals surface area contributed by atoms with Crippen LogP contribution in [0.3, 0.4) is 0 Å². The van der Waals surface area contributed by atoms with Crippen molar-refractivity contribution in [2.75, 3.05) is 16.8 Å². The molecule has 2 aromatic carbocycles. The molecule has 1 aliphatic rings. The maximum atomic E-state index is 12.2. The van der Waals surface area contributed by atoms with Gasteiger partial charge in [0.1, 0.15) is 0 Å². The van der Waals surface area contributed by atoms with Gasteiger partial charge in [-0.1, -0.05) is 35.9 Å². The Balaban J connectivity index is 1.50. The number of nitrogens with zero attached hydrogens (tertiary/aromatic N) is 3. The number of nitrogens with one attached hydrogen (secondary N) is 1. The minimum absolute atomic E-state index is 0.268. The first kappa shape index (κ1) is 15.6. The molecule has 0 bridgehead atoms. The van der Waals surface area contributed by atoms with Gasteiger partial charge < -0.3 is 10.2 Å². The van der Waals surface area contributed by atoms with Crippen molar-refractivity contribution in [2.45, 2.75) is 6.42 Å². The van der Waals surface area contributed by atoms with Crippen molar-refractivity contribution >= 4 is 34.8 Å². The van der Waals surface area contributed by atoms with Gasteiger partial charge in [0.15, 0.2) is 11.6 Å². The SMILES string of the molecule is O=C(Nc1ccc(N2CCc3ccccc32)nn1)c1cccc(Cl)c1. The maximum absolute atomic E-state index is 12.2. The molecule has 0 fully saturated rings. The molecule has 2 heterocycles. The predicted octanol–water partition coefficient (Wildman–Crippen LogP) is 4.08. The van der Waals surface area contributed by atoms with E-state index in [4.69, 9.17) is 11.6 Å². The Hall–Kier alpha value is -2.92. The summed E-state index contributed by atoms with van der Waals surface area (Å²) in [5.74, 6) is 0.906. The number of anilines is 3. The predicted molar refractivity (Wildman–Crippen MR) is 98.6 cm³/mol. The average Bonchev–Trinajstić information content (AvgIpc) is 3.06. The number of hydrogen-bond donors (Lipinski definition) is 1. The molecule has 5 nitrogen and oxygen atoms in total. The second-order valence-electron chi connectivity index (χ2n) is 5.77. The number of aromatic nitrogens is 2. The van der Waals surface area contributed by atoms with Crippen LogP contribution in [-0.4, -0.2) is 22.6 Å². The van der Waals surface area contributed by atoms with Gasteiger partial charge in [-0.3, -0.25) is 4.79 Å². The molecule has 0 atom stereocenters. The topological polar surface area (TPSA) is 58.1 Å². The van der Waals surface area contributed by atoms with Gasteiger partial charge in [-0.15, -0.1) is 10.2 Å². The average molecular weight is 351 g/mol. The third-order valence-electron chi connectivity index (χ3n) is 4.14. The molecule has 0 spiro atoms. The summed E-state index contributed by atoms with van der Waals surface area (Å²) in [5.41, 5.74) is 2.95. The Bertz CT molecular complexity index is 927. The first-order chi connectivity index (χ1) is 12.2. The van der Waals surface area contributed by atoms with E-state index in [1.54, 1.807) is 30.3 Å². The highest BCUT2D eigenvalue weighted by atomic mass is 35.5. The van der Waals surface area contributed by atoms with Crippen molar-refractivity contribution in [1.29, 1.82) is 0 Å². The van der Waals surface area contributed by atoms with Crippen LogP contribution in [0.5, 0.6) is 0 Å². The van der Waals surface area contributed by atoms with E-state index in [1.807, 2.05) is 18.2 Å². The fraction of sp³-hybridized carbons (Fsp3) is 0.105. The van der Waals surface area contributed by atoms with Crippen LogP contribution in [0.15, 0.2) is 60.7 Å². The molecule has 0 radical (unpaired) electrons. The van der Waals surface area contributed by atoms with Crippen LogP contribution in [0.2, 0.25) is 5.02 Å². The van der Waals surface area contributed by atoms with Crippen LogP contribution in [-0.2, 0) is 6.42 Å². The van der Waals surface area contributed by atoms with Crippen LogP contribution in [0, 0.1) is 0 Å². The number of halogens is 1. The fourth-order valence-electron chi connectivity index (χ4n) is 2.93. The zero-order valence-corrected chi connectivity index (χ0v) is 14.1. The quantitative estimate of drug-likeness (QED) is 0.773. The molecule has 0 aliphatic carbocycles. The van der Waals surface area contributed by atoms with E-state index in [-0.39, 0.29) is 5.91 Å². The number of fused-ring (bicyclic) bond motifs is 1. The second kappa shape index (κ2) is 6.53. The van der Waals surface area contributed by atoms with Gasteiger partial charge in [0, 0.05) is 22.8 Å². The molecule has 1 aromatic heterocycles. The summed E-state index contributed by atoms with van der Waals surface area (Å²) < 4.78 is 0. The Labute approximate surface area is 150 Å². The van der Waals surface area contributed by atoms with Crippen LogP contribution < -0.4 is 10.2 Å². The van der Waals surface area contributed by atoms with Gasteiger partial charge in [-0.05, 0) is 48.4 Å². The third kappa shape index (κ3) is 3.19. The van der Waals surface area contributed by atoms with Crippen molar-refractivity contribution in [1.82, 2.24) is 10.2 Å². The lowest BCUT2D eigenvalue weighted by atomic mass is 10.2. The number of rotatable bonds is 3. The molecule has 0 saturated carbocycles. The zero-order chi connectivity index (χ0) is 17.2. The Morgan fingerprint density at radius 3 is 2.72 bits per heavy atom. The van der Waals surface area contributed by atoms with Crippen molar-refractivity contribution in [3.8, 4) is 0 Å². The lowest BCUT2D eigenvalue weighted by Gasteiger charge is -2.17. The van der Waals surface area contributed by atoms with Crippen molar-refractivity contribution in [3.63, 3.8) is 0 Å². The minimum atomic E-state index is -0.268. The molecule has 0 saturated heterocycles. The number of carbonyl (C=O) groups is 1. The molecule has 1 amide bonds. The van der Waals surface area contributed by atoms with Crippen LogP contribution in [0.1, 0.15) is 15.9 Å². The van der Waals surface area contributed by atoms with E-state index in [9.17, 15) is 4.79 Å². The van der Waals surface area contributed by atoms with Crippen molar-refractivity contribution in [2.24, 2.45) is 0 Å². The summed E-state index contributed by atoms with van der Waals surface area (Å²) in [6.07, 6.45) is 0.991. The number of amides is 1. The number of carbonyl (C=O) groups excluding carboxylic acids is 1. The van der Waals surface area contributed by atoms with Gasteiger partial charge in [0.05, 0.1) is 0 Å². The van der Waals surface area contributed by atoms with Crippen LogP contribution >= 0.6 is 11.6 Å². The molecule has 3 aromatic rings. The lowest BCUT2D eigenvalue weighted by Crippen LogP contribution is -2.17. The van der Waals surface area contributed by atoms with Gasteiger partial charge in [-0.25, -0.2) is 0 Å². The summed E-state index contributed by atoms with van der Waals surface area (Å²) in [6.45, 7) is 0.877. The lowest BCUT2D eigenvalue weighted by molar-refractivity contribution is 0.102. The monoisotopic (exact) mass is 350 g/mol. The number of benzene rings is 2. The first-order valence-electron chi connectivity index (χ1n) is 7.97.